The first-order valence-corrected chi connectivity index (χ1v) is 7.44. The summed E-state index contributed by atoms with van der Waals surface area (Å²) in [5.74, 6) is 0. The minimum Gasteiger partial charge on any atom is -0.375 e. The van der Waals surface area contributed by atoms with E-state index in [4.69, 9.17) is 17.3 Å². The van der Waals surface area contributed by atoms with E-state index in [2.05, 4.69) is 22.5 Å². The van der Waals surface area contributed by atoms with E-state index in [1.54, 1.807) is 0 Å². The van der Waals surface area contributed by atoms with Gasteiger partial charge in [0, 0.05) is 15.8 Å². The van der Waals surface area contributed by atoms with Crippen LogP contribution in [0.15, 0.2) is 29.6 Å². The fourth-order valence-corrected chi connectivity index (χ4v) is 3.82. The molecule has 1 aliphatic carbocycles. The van der Waals surface area contributed by atoms with Crippen molar-refractivity contribution in [1.29, 1.82) is 0 Å². The number of benzene rings is 1. The van der Waals surface area contributed by atoms with Crippen LogP contribution in [-0.4, -0.2) is 4.98 Å². The molecule has 2 aromatic rings. The second-order valence-corrected chi connectivity index (χ2v) is 6.20. The van der Waals surface area contributed by atoms with Gasteiger partial charge in [0.05, 0.1) is 5.69 Å². The Kier molecular flexibility index (Phi) is 3.04. The average molecular weight is 279 g/mol. The highest BCUT2D eigenvalue weighted by Gasteiger charge is 2.39. The molecule has 2 N–H and O–H groups in total. The minimum absolute atomic E-state index is 0.0268. The quantitative estimate of drug-likeness (QED) is 0.892. The molecule has 0 radical (unpaired) electrons. The standard InChI is InChI=1S/C14H15ClN2S/c15-11-5-3-4-10(8-11)14(6-1-2-7-14)12-9-18-13(16)17-12/h3-5,8-9H,1-2,6-7H2,(H2,16,17). The SMILES string of the molecule is Nc1nc(C2(c3cccc(Cl)c3)CCCC2)cs1. The van der Waals surface area contributed by atoms with Gasteiger partial charge in [0.15, 0.2) is 5.13 Å². The Hall–Kier alpha value is -1.06. The fourth-order valence-electron chi connectivity index (χ4n) is 2.96. The molecule has 1 heterocycles. The van der Waals surface area contributed by atoms with Gasteiger partial charge in [-0.05, 0) is 30.5 Å². The van der Waals surface area contributed by atoms with Crippen molar-refractivity contribution in [2.75, 3.05) is 5.73 Å². The van der Waals surface area contributed by atoms with Crippen LogP contribution in [-0.2, 0) is 5.41 Å². The molecule has 18 heavy (non-hydrogen) atoms. The van der Waals surface area contributed by atoms with Gasteiger partial charge in [0.2, 0.25) is 0 Å². The van der Waals surface area contributed by atoms with Gasteiger partial charge in [-0.2, -0.15) is 0 Å². The van der Waals surface area contributed by atoms with Crippen molar-refractivity contribution >= 4 is 28.1 Å². The van der Waals surface area contributed by atoms with Gasteiger partial charge >= 0.3 is 0 Å². The lowest BCUT2D eigenvalue weighted by Gasteiger charge is -2.28. The number of halogens is 1. The summed E-state index contributed by atoms with van der Waals surface area (Å²) in [7, 11) is 0. The first kappa shape index (κ1) is 12.0. The Morgan fingerprint density at radius 3 is 2.67 bits per heavy atom. The first-order valence-electron chi connectivity index (χ1n) is 6.18. The minimum atomic E-state index is 0.0268. The number of aromatic nitrogens is 1. The molecule has 2 nitrogen and oxygen atoms in total. The zero-order valence-electron chi connectivity index (χ0n) is 10.0. The van der Waals surface area contributed by atoms with Gasteiger partial charge in [0.25, 0.3) is 0 Å². The number of nitrogens with two attached hydrogens (primary N) is 1. The molecule has 1 aromatic carbocycles. The Balaban J connectivity index is 2.12. The predicted octanol–water partition coefficient (Wildman–Crippen LogP) is 4.24. The highest BCUT2D eigenvalue weighted by molar-refractivity contribution is 7.13. The highest BCUT2D eigenvalue weighted by Crippen LogP contribution is 2.47. The molecule has 94 valence electrons. The number of anilines is 1. The summed E-state index contributed by atoms with van der Waals surface area (Å²) >= 11 is 7.66. The third-order valence-corrected chi connectivity index (χ3v) is 4.76. The summed E-state index contributed by atoms with van der Waals surface area (Å²) in [4.78, 5) is 4.52. The second-order valence-electron chi connectivity index (χ2n) is 4.87. The molecule has 0 saturated heterocycles. The zero-order valence-corrected chi connectivity index (χ0v) is 11.6. The smallest absolute Gasteiger partial charge is 0.180 e. The van der Waals surface area contributed by atoms with Crippen LogP contribution in [0.1, 0.15) is 36.9 Å². The molecular formula is C14H15ClN2S. The lowest BCUT2D eigenvalue weighted by molar-refractivity contribution is 0.522. The van der Waals surface area contributed by atoms with Crippen molar-refractivity contribution in [3.63, 3.8) is 0 Å². The summed E-state index contributed by atoms with van der Waals surface area (Å²) < 4.78 is 0. The molecule has 0 atom stereocenters. The average Bonchev–Trinajstić information content (AvgIpc) is 2.98. The van der Waals surface area contributed by atoms with E-state index in [1.807, 2.05) is 12.1 Å². The van der Waals surface area contributed by atoms with Crippen LogP contribution >= 0.6 is 22.9 Å². The number of nitrogens with zero attached hydrogens (tertiary/aromatic N) is 1. The van der Waals surface area contributed by atoms with Crippen LogP contribution < -0.4 is 5.73 Å². The van der Waals surface area contributed by atoms with Crippen molar-refractivity contribution in [2.45, 2.75) is 31.1 Å². The fraction of sp³-hybridized carbons (Fsp3) is 0.357. The third kappa shape index (κ3) is 1.91. The summed E-state index contributed by atoms with van der Waals surface area (Å²) in [6.07, 6.45) is 4.75. The molecule has 0 spiro atoms. The van der Waals surface area contributed by atoms with Crippen molar-refractivity contribution in [3.8, 4) is 0 Å². The second kappa shape index (κ2) is 4.56. The van der Waals surface area contributed by atoms with E-state index in [0.29, 0.717) is 5.13 Å². The topological polar surface area (TPSA) is 38.9 Å². The van der Waals surface area contributed by atoms with Crippen LogP contribution in [0, 0.1) is 0 Å². The Labute approximate surface area is 116 Å². The molecule has 3 rings (SSSR count). The maximum absolute atomic E-state index is 6.14. The highest BCUT2D eigenvalue weighted by atomic mass is 35.5. The van der Waals surface area contributed by atoms with Gasteiger partial charge in [-0.3, -0.25) is 0 Å². The predicted molar refractivity (Wildman–Crippen MR) is 77.2 cm³/mol. The van der Waals surface area contributed by atoms with Crippen LogP contribution in [0.5, 0.6) is 0 Å². The van der Waals surface area contributed by atoms with E-state index in [0.717, 1.165) is 23.6 Å². The molecule has 1 aromatic heterocycles. The normalized spacial score (nSPS) is 18.1. The van der Waals surface area contributed by atoms with Crippen LogP contribution in [0.3, 0.4) is 0 Å². The van der Waals surface area contributed by atoms with Crippen molar-refractivity contribution < 1.29 is 0 Å². The number of hydrogen-bond donors (Lipinski definition) is 1. The van der Waals surface area contributed by atoms with Gasteiger partial charge in [-0.15, -0.1) is 11.3 Å². The monoisotopic (exact) mass is 278 g/mol. The molecule has 4 heteroatoms. The largest absolute Gasteiger partial charge is 0.375 e. The van der Waals surface area contributed by atoms with Gasteiger partial charge < -0.3 is 5.73 Å². The molecule has 0 unspecified atom stereocenters. The van der Waals surface area contributed by atoms with Crippen molar-refractivity contribution in [1.82, 2.24) is 4.98 Å². The maximum Gasteiger partial charge on any atom is 0.180 e. The van der Waals surface area contributed by atoms with E-state index >= 15 is 0 Å². The lowest BCUT2D eigenvalue weighted by Crippen LogP contribution is -2.24. The summed E-state index contributed by atoms with van der Waals surface area (Å²) in [5.41, 5.74) is 8.21. The maximum atomic E-state index is 6.14. The Morgan fingerprint density at radius 2 is 2.06 bits per heavy atom. The van der Waals surface area contributed by atoms with E-state index in [-0.39, 0.29) is 5.41 Å². The van der Waals surface area contributed by atoms with E-state index in [1.165, 1.54) is 29.7 Å². The van der Waals surface area contributed by atoms with Gasteiger partial charge in [-0.1, -0.05) is 36.6 Å². The van der Waals surface area contributed by atoms with Gasteiger partial charge in [-0.25, -0.2) is 4.98 Å². The molecule has 0 amide bonds. The van der Waals surface area contributed by atoms with Crippen molar-refractivity contribution in [3.05, 3.63) is 45.9 Å². The Bertz CT molecular complexity index is 558. The number of thiazole rings is 1. The molecular weight excluding hydrogens is 264 g/mol. The summed E-state index contributed by atoms with van der Waals surface area (Å²) in [6, 6.07) is 8.17. The molecule has 1 fully saturated rings. The molecule has 1 aliphatic rings. The molecule has 0 bridgehead atoms. The summed E-state index contributed by atoms with van der Waals surface area (Å²) in [5, 5.41) is 3.54. The number of nitrogen functional groups attached to an aromatic ring is 1. The van der Waals surface area contributed by atoms with Crippen molar-refractivity contribution in [2.24, 2.45) is 0 Å². The third-order valence-electron chi connectivity index (χ3n) is 3.85. The molecule has 1 saturated carbocycles. The first-order chi connectivity index (χ1) is 8.71. The van der Waals surface area contributed by atoms with Crippen LogP contribution in [0.2, 0.25) is 5.02 Å². The van der Waals surface area contributed by atoms with Crippen LogP contribution in [0.4, 0.5) is 5.13 Å². The Morgan fingerprint density at radius 1 is 1.28 bits per heavy atom. The van der Waals surface area contributed by atoms with E-state index in [9.17, 15) is 0 Å². The van der Waals surface area contributed by atoms with Gasteiger partial charge in [0.1, 0.15) is 0 Å². The van der Waals surface area contributed by atoms with E-state index < -0.39 is 0 Å². The lowest BCUT2D eigenvalue weighted by atomic mass is 9.76. The summed E-state index contributed by atoms with van der Waals surface area (Å²) in [6.45, 7) is 0. The number of rotatable bonds is 2. The van der Waals surface area contributed by atoms with Crippen LogP contribution in [0.25, 0.3) is 0 Å². The zero-order chi connectivity index (χ0) is 12.6. The number of hydrogen-bond acceptors (Lipinski definition) is 3. The molecule has 0 aliphatic heterocycles.